The Bertz CT molecular complexity index is 244. The van der Waals surface area contributed by atoms with Crippen LogP contribution in [0.3, 0.4) is 0 Å². The van der Waals surface area contributed by atoms with Gasteiger partial charge in [0.25, 0.3) is 0 Å². The second-order valence-electron chi connectivity index (χ2n) is 2.53. The summed E-state index contributed by atoms with van der Waals surface area (Å²) in [6.45, 7) is 5.46. The molecule has 0 aromatic heterocycles. The highest BCUT2D eigenvalue weighted by Gasteiger charge is 2.16. The Balaban J connectivity index is 4.44. The smallest absolute Gasteiger partial charge is 0.333 e. The van der Waals surface area contributed by atoms with Gasteiger partial charge in [-0.05, 0) is 12.0 Å². The topological polar surface area (TPSA) is 75.1 Å². The molecule has 0 saturated heterocycles. The van der Waals surface area contributed by atoms with E-state index in [9.17, 15) is 4.79 Å². The number of carbonyl (C=O) groups is 1. The minimum atomic E-state index is -0.522. The molecule has 0 spiro atoms. The van der Waals surface area contributed by atoms with Crippen molar-refractivity contribution in [3.05, 3.63) is 22.6 Å². The normalized spacial score (nSPS) is 11.2. The highest BCUT2D eigenvalue weighted by Crippen LogP contribution is 2.12. The van der Waals surface area contributed by atoms with Crippen LogP contribution in [0.1, 0.15) is 19.8 Å². The third-order valence-electron chi connectivity index (χ3n) is 1.60. The summed E-state index contributed by atoms with van der Waals surface area (Å²) >= 11 is 0. The minimum Gasteiger partial charge on any atom is -0.466 e. The van der Waals surface area contributed by atoms with Crippen LogP contribution in [-0.2, 0) is 9.53 Å². The summed E-state index contributed by atoms with van der Waals surface area (Å²) in [6.07, 6.45) is 1.43. The third-order valence-corrected chi connectivity index (χ3v) is 1.60. The predicted octanol–water partition coefficient (Wildman–Crippen LogP) is 2.19. The Hall–Kier alpha value is -1.48. The zero-order valence-electron chi connectivity index (χ0n) is 7.86. The van der Waals surface area contributed by atoms with Crippen molar-refractivity contribution in [1.29, 1.82) is 0 Å². The Morgan fingerprint density at radius 2 is 2.38 bits per heavy atom. The molecule has 0 radical (unpaired) electrons. The maximum absolute atomic E-state index is 11.0. The van der Waals surface area contributed by atoms with Crippen molar-refractivity contribution >= 4 is 5.97 Å². The first-order valence-corrected chi connectivity index (χ1v) is 3.98. The van der Waals surface area contributed by atoms with E-state index in [0.29, 0.717) is 6.42 Å². The number of rotatable bonds is 5. The van der Waals surface area contributed by atoms with Gasteiger partial charge in [0.1, 0.15) is 0 Å². The second kappa shape index (κ2) is 6.08. The Kier molecular flexibility index (Phi) is 5.39. The molecule has 0 rings (SSSR count). The lowest BCUT2D eigenvalue weighted by Crippen LogP contribution is -2.16. The molecule has 0 aliphatic heterocycles. The Morgan fingerprint density at radius 3 is 2.77 bits per heavy atom. The zero-order valence-corrected chi connectivity index (χ0v) is 7.86. The molecule has 13 heavy (non-hydrogen) atoms. The highest BCUT2D eigenvalue weighted by molar-refractivity contribution is 5.88. The predicted molar refractivity (Wildman–Crippen MR) is 49.0 cm³/mol. The molecule has 0 aliphatic carbocycles. The maximum atomic E-state index is 11.0. The SMILES string of the molecule is C=C(C(=O)OC)C(CCC)N=[N+]=[N-]. The third kappa shape index (κ3) is 3.62. The molecular formula is C8H13N3O2. The lowest BCUT2D eigenvalue weighted by Gasteiger charge is -2.10. The van der Waals surface area contributed by atoms with E-state index in [2.05, 4.69) is 21.3 Å². The summed E-state index contributed by atoms with van der Waals surface area (Å²) in [5.41, 5.74) is 8.44. The van der Waals surface area contributed by atoms with Crippen LogP contribution in [0, 0.1) is 0 Å². The average molecular weight is 183 g/mol. The molecular weight excluding hydrogens is 170 g/mol. The fraction of sp³-hybridized carbons (Fsp3) is 0.625. The van der Waals surface area contributed by atoms with E-state index in [4.69, 9.17) is 5.53 Å². The molecule has 5 nitrogen and oxygen atoms in total. The van der Waals surface area contributed by atoms with Crippen LogP contribution in [0.4, 0.5) is 0 Å². The van der Waals surface area contributed by atoms with Crippen LogP contribution >= 0.6 is 0 Å². The van der Waals surface area contributed by atoms with Crippen molar-refractivity contribution in [3.8, 4) is 0 Å². The van der Waals surface area contributed by atoms with Crippen LogP contribution < -0.4 is 0 Å². The summed E-state index contributed by atoms with van der Waals surface area (Å²) in [7, 11) is 1.27. The summed E-state index contributed by atoms with van der Waals surface area (Å²) in [6, 6.07) is -0.484. The molecule has 0 fully saturated rings. The van der Waals surface area contributed by atoms with Crippen LogP contribution in [0.2, 0.25) is 0 Å². The molecule has 1 unspecified atom stereocenters. The van der Waals surface area contributed by atoms with Gasteiger partial charge in [-0.15, -0.1) is 0 Å². The monoisotopic (exact) mass is 183 g/mol. The number of carbonyl (C=O) groups excluding carboxylic acids is 1. The lowest BCUT2D eigenvalue weighted by atomic mass is 10.1. The largest absolute Gasteiger partial charge is 0.466 e. The molecule has 0 saturated carbocycles. The molecule has 0 N–H and O–H groups in total. The summed E-state index contributed by atoms with van der Waals surface area (Å²) in [5.74, 6) is -0.522. The van der Waals surface area contributed by atoms with Crippen molar-refractivity contribution < 1.29 is 9.53 Å². The lowest BCUT2D eigenvalue weighted by molar-refractivity contribution is -0.136. The van der Waals surface area contributed by atoms with Gasteiger partial charge in [-0.2, -0.15) is 0 Å². The quantitative estimate of drug-likeness (QED) is 0.215. The first-order valence-electron chi connectivity index (χ1n) is 3.98. The van der Waals surface area contributed by atoms with Gasteiger partial charge in [0.15, 0.2) is 0 Å². The highest BCUT2D eigenvalue weighted by atomic mass is 16.5. The van der Waals surface area contributed by atoms with Crippen molar-refractivity contribution in [2.45, 2.75) is 25.8 Å². The van der Waals surface area contributed by atoms with Crippen LogP contribution in [0.25, 0.3) is 10.4 Å². The number of nitrogens with zero attached hydrogens (tertiary/aromatic N) is 3. The number of ether oxygens (including phenoxy) is 1. The van der Waals surface area contributed by atoms with Gasteiger partial charge in [-0.25, -0.2) is 4.79 Å². The zero-order chi connectivity index (χ0) is 10.3. The van der Waals surface area contributed by atoms with E-state index >= 15 is 0 Å². The van der Waals surface area contributed by atoms with E-state index in [0.717, 1.165) is 6.42 Å². The molecule has 72 valence electrons. The van der Waals surface area contributed by atoms with Gasteiger partial charge in [-0.1, -0.05) is 25.0 Å². The van der Waals surface area contributed by atoms with E-state index in [-0.39, 0.29) is 5.57 Å². The number of methoxy groups -OCH3 is 1. The molecule has 0 aliphatic rings. The van der Waals surface area contributed by atoms with Gasteiger partial charge >= 0.3 is 5.97 Å². The van der Waals surface area contributed by atoms with E-state index in [1.165, 1.54) is 7.11 Å². The number of azide groups is 1. The number of esters is 1. The number of hydrogen-bond acceptors (Lipinski definition) is 3. The minimum absolute atomic E-state index is 0.210. The first kappa shape index (κ1) is 11.5. The fourth-order valence-corrected chi connectivity index (χ4v) is 0.905. The van der Waals surface area contributed by atoms with Gasteiger partial charge in [0.05, 0.1) is 13.2 Å². The maximum Gasteiger partial charge on any atom is 0.333 e. The molecule has 1 atom stereocenters. The van der Waals surface area contributed by atoms with Gasteiger partial charge in [0, 0.05) is 10.5 Å². The summed E-state index contributed by atoms with van der Waals surface area (Å²) in [4.78, 5) is 13.6. The second-order valence-corrected chi connectivity index (χ2v) is 2.53. The Morgan fingerprint density at radius 1 is 1.77 bits per heavy atom. The van der Waals surface area contributed by atoms with Crippen LogP contribution in [0.15, 0.2) is 17.3 Å². The van der Waals surface area contributed by atoms with E-state index in [1.54, 1.807) is 0 Å². The molecule has 0 heterocycles. The molecule has 0 bridgehead atoms. The van der Waals surface area contributed by atoms with Crippen LogP contribution in [-0.4, -0.2) is 19.1 Å². The molecule has 0 amide bonds. The van der Waals surface area contributed by atoms with Crippen molar-refractivity contribution in [2.24, 2.45) is 5.11 Å². The first-order chi connectivity index (χ1) is 6.17. The molecule has 0 aromatic rings. The molecule has 0 aromatic carbocycles. The summed E-state index contributed by atoms with van der Waals surface area (Å²) < 4.78 is 4.46. The number of hydrogen-bond donors (Lipinski definition) is 0. The average Bonchev–Trinajstić information content (AvgIpc) is 2.15. The van der Waals surface area contributed by atoms with Crippen molar-refractivity contribution in [2.75, 3.05) is 7.11 Å². The van der Waals surface area contributed by atoms with Crippen molar-refractivity contribution in [3.63, 3.8) is 0 Å². The van der Waals surface area contributed by atoms with Crippen molar-refractivity contribution in [1.82, 2.24) is 0 Å². The van der Waals surface area contributed by atoms with Crippen LogP contribution in [0.5, 0.6) is 0 Å². The molecule has 5 heteroatoms. The summed E-state index contributed by atoms with van der Waals surface area (Å²) in [5, 5.41) is 3.46. The van der Waals surface area contributed by atoms with Gasteiger partial charge in [-0.3, -0.25) is 0 Å². The standard InChI is InChI=1S/C8H13N3O2/c1-4-5-7(10-11-9)6(2)8(12)13-3/h7H,2,4-5H2,1,3H3. The van der Waals surface area contributed by atoms with Gasteiger partial charge in [0.2, 0.25) is 0 Å². The van der Waals surface area contributed by atoms with Gasteiger partial charge < -0.3 is 4.74 Å². The Labute approximate surface area is 77.0 Å². The van der Waals surface area contributed by atoms with E-state index in [1.807, 2.05) is 6.92 Å². The van der Waals surface area contributed by atoms with E-state index < -0.39 is 12.0 Å². The fourth-order valence-electron chi connectivity index (χ4n) is 0.905.